The van der Waals surface area contributed by atoms with Crippen molar-refractivity contribution in [3.63, 3.8) is 0 Å². The maximum atomic E-state index is 11.6. The Morgan fingerprint density at radius 3 is 3.05 bits per heavy atom. The molecule has 2 saturated heterocycles. The molecule has 2 amide bonds. The summed E-state index contributed by atoms with van der Waals surface area (Å²) in [7, 11) is 0. The second-order valence-electron chi connectivity index (χ2n) is 4.81. The first-order chi connectivity index (χ1) is 9.58. The maximum Gasteiger partial charge on any atom is 0.420 e. The number of hydrogen-bond acceptors (Lipinski definition) is 6. The molecule has 3 rings (SSSR count). The molecule has 3 N–H and O–H groups in total. The lowest BCUT2D eigenvalue weighted by Crippen LogP contribution is -2.52. The van der Waals surface area contributed by atoms with E-state index < -0.39 is 18.2 Å². The van der Waals surface area contributed by atoms with E-state index in [1.54, 1.807) is 18.5 Å². The van der Waals surface area contributed by atoms with Gasteiger partial charge in [-0.25, -0.2) is 14.5 Å². The van der Waals surface area contributed by atoms with Gasteiger partial charge in [-0.05, 0) is 6.07 Å². The zero-order chi connectivity index (χ0) is 14.3. The third-order valence-electron chi connectivity index (χ3n) is 3.68. The van der Waals surface area contributed by atoms with Crippen LogP contribution in [0.4, 0.5) is 21.0 Å². The van der Waals surface area contributed by atoms with Crippen LogP contribution in [-0.2, 0) is 4.74 Å². The van der Waals surface area contributed by atoms with Crippen molar-refractivity contribution in [2.75, 3.05) is 23.7 Å². The van der Waals surface area contributed by atoms with Gasteiger partial charge in [0, 0.05) is 25.7 Å². The van der Waals surface area contributed by atoms with E-state index in [1.165, 1.54) is 0 Å². The van der Waals surface area contributed by atoms with Crippen molar-refractivity contribution < 1.29 is 19.4 Å². The van der Waals surface area contributed by atoms with Gasteiger partial charge in [0.1, 0.15) is 12.1 Å². The van der Waals surface area contributed by atoms with Crippen LogP contribution in [0.1, 0.15) is 6.42 Å². The van der Waals surface area contributed by atoms with Crippen LogP contribution >= 0.6 is 0 Å². The number of piperidine rings is 1. The van der Waals surface area contributed by atoms with Gasteiger partial charge < -0.3 is 20.5 Å². The molecular weight excluding hydrogens is 264 g/mol. The Hall–Kier alpha value is -2.51. The monoisotopic (exact) mass is 278 g/mol. The van der Waals surface area contributed by atoms with Gasteiger partial charge in [0.05, 0.1) is 17.6 Å². The molecule has 106 valence electrons. The summed E-state index contributed by atoms with van der Waals surface area (Å²) in [6.07, 6.45) is 1.29. The van der Waals surface area contributed by atoms with Crippen LogP contribution in [0, 0.1) is 0 Å². The zero-order valence-corrected chi connectivity index (χ0v) is 10.6. The molecule has 0 radical (unpaired) electrons. The van der Waals surface area contributed by atoms with Crippen molar-refractivity contribution in [1.82, 2.24) is 9.88 Å². The number of fused-ring (bicyclic) bond motifs is 1. The predicted molar refractivity (Wildman–Crippen MR) is 69.4 cm³/mol. The molecule has 2 fully saturated rings. The van der Waals surface area contributed by atoms with Crippen LogP contribution in [-0.4, -0.2) is 52.4 Å². The van der Waals surface area contributed by atoms with Crippen molar-refractivity contribution in [3.8, 4) is 0 Å². The van der Waals surface area contributed by atoms with Crippen molar-refractivity contribution in [2.45, 2.75) is 18.6 Å². The summed E-state index contributed by atoms with van der Waals surface area (Å²) in [5, 5.41) is 9.11. The second-order valence-corrected chi connectivity index (χ2v) is 4.81. The van der Waals surface area contributed by atoms with E-state index in [9.17, 15) is 9.59 Å². The van der Waals surface area contributed by atoms with E-state index in [2.05, 4.69) is 4.98 Å². The number of nitrogen functional groups attached to an aromatic ring is 1. The van der Waals surface area contributed by atoms with Crippen LogP contribution in [0.25, 0.3) is 0 Å². The summed E-state index contributed by atoms with van der Waals surface area (Å²) in [5.74, 6) is 0. The number of hydrogen-bond donors (Lipinski definition) is 2. The highest BCUT2D eigenvalue weighted by Gasteiger charge is 2.48. The summed E-state index contributed by atoms with van der Waals surface area (Å²) >= 11 is 0. The molecule has 1 aromatic heterocycles. The van der Waals surface area contributed by atoms with Crippen molar-refractivity contribution in [2.24, 2.45) is 0 Å². The van der Waals surface area contributed by atoms with Crippen LogP contribution in [0.15, 0.2) is 18.5 Å². The van der Waals surface area contributed by atoms with E-state index in [0.29, 0.717) is 25.2 Å². The van der Waals surface area contributed by atoms with Crippen LogP contribution in [0.2, 0.25) is 0 Å². The van der Waals surface area contributed by atoms with E-state index in [0.717, 1.165) is 10.6 Å². The summed E-state index contributed by atoms with van der Waals surface area (Å²) in [6, 6.07) is 1.28. The number of nitrogens with two attached hydrogens (primary N) is 1. The predicted octanol–water partition coefficient (Wildman–Crippen LogP) is 0.741. The molecule has 0 unspecified atom stereocenters. The number of carboxylic acid groups (broad SMARTS) is 1. The average Bonchev–Trinajstić information content (AvgIpc) is 2.74. The number of amides is 2. The first-order valence-electron chi connectivity index (χ1n) is 6.25. The molecule has 0 saturated carbocycles. The maximum absolute atomic E-state index is 11.6. The van der Waals surface area contributed by atoms with E-state index in [4.69, 9.17) is 15.6 Å². The normalized spacial score (nSPS) is 25.3. The fourth-order valence-corrected chi connectivity index (χ4v) is 2.74. The molecule has 2 aliphatic rings. The Kier molecular flexibility index (Phi) is 2.85. The molecule has 3 heterocycles. The van der Waals surface area contributed by atoms with Gasteiger partial charge in [0.2, 0.25) is 0 Å². The third-order valence-corrected chi connectivity index (χ3v) is 3.68. The molecule has 8 heteroatoms. The SMILES string of the molecule is Nc1cnccc1N1CC[C@@H]2OC(=O)N(C(=O)O)[C@@H]2C1. The van der Waals surface area contributed by atoms with Gasteiger partial charge in [-0.2, -0.15) is 0 Å². The highest BCUT2D eigenvalue weighted by molar-refractivity contribution is 5.89. The highest BCUT2D eigenvalue weighted by Crippen LogP contribution is 2.31. The minimum Gasteiger partial charge on any atom is -0.465 e. The highest BCUT2D eigenvalue weighted by atomic mass is 16.6. The van der Waals surface area contributed by atoms with Crippen molar-refractivity contribution >= 4 is 23.6 Å². The smallest absolute Gasteiger partial charge is 0.420 e. The molecule has 20 heavy (non-hydrogen) atoms. The topological polar surface area (TPSA) is 109 Å². The quantitative estimate of drug-likeness (QED) is 0.779. The lowest BCUT2D eigenvalue weighted by atomic mass is 10.0. The number of imide groups is 1. The van der Waals surface area contributed by atoms with Crippen LogP contribution < -0.4 is 10.6 Å². The number of nitrogens with zero attached hydrogens (tertiary/aromatic N) is 3. The average molecular weight is 278 g/mol. The minimum absolute atomic E-state index is 0.372. The fraction of sp³-hybridized carbons (Fsp3) is 0.417. The number of ether oxygens (including phenoxy) is 1. The molecular formula is C12H14N4O4. The Bertz CT molecular complexity index is 564. The Morgan fingerprint density at radius 2 is 2.35 bits per heavy atom. The molecule has 0 spiro atoms. The number of rotatable bonds is 1. The van der Waals surface area contributed by atoms with E-state index in [1.807, 2.05) is 4.90 Å². The van der Waals surface area contributed by atoms with Gasteiger partial charge in [0.15, 0.2) is 0 Å². The third kappa shape index (κ3) is 1.89. The van der Waals surface area contributed by atoms with Crippen LogP contribution in [0.5, 0.6) is 0 Å². The molecule has 0 bridgehead atoms. The Morgan fingerprint density at radius 1 is 1.55 bits per heavy atom. The summed E-state index contributed by atoms with van der Waals surface area (Å²) in [4.78, 5) is 29.3. The van der Waals surface area contributed by atoms with Gasteiger partial charge >= 0.3 is 12.2 Å². The van der Waals surface area contributed by atoms with Gasteiger partial charge in [-0.1, -0.05) is 0 Å². The molecule has 2 aliphatic heterocycles. The van der Waals surface area contributed by atoms with Crippen LogP contribution in [0.3, 0.4) is 0 Å². The minimum atomic E-state index is -1.29. The van der Waals surface area contributed by atoms with Gasteiger partial charge in [-0.3, -0.25) is 4.98 Å². The fourth-order valence-electron chi connectivity index (χ4n) is 2.74. The summed E-state index contributed by atoms with van der Waals surface area (Å²) in [6.45, 7) is 1.02. The summed E-state index contributed by atoms with van der Waals surface area (Å²) in [5.41, 5.74) is 7.20. The van der Waals surface area contributed by atoms with E-state index >= 15 is 0 Å². The summed E-state index contributed by atoms with van der Waals surface area (Å²) < 4.78 is 5.09. The molecule has 0 aromatic carbocycles. The van der Waals surface area contributed by atoms with E-state index in [-0.39, 0.29) is 6.10 Å². The standard InChI is InChI=1S/C12H14N4O4/c13-7-5-14-3-1-8(7)15-4-2-10-9(6-15)16(11(17)18)12(19)20-10/h1,3,5,9-10H,2,4,6,13H2,(H,17,18)/t9-,10+/m1/s1. The number of carbonyl (C=O) groups excluding carboxylic acids is 1. The van der Waals surface area contributed by atoms with Crippen molar-refractivity contribution in [3.05, 3.63) is 18.5 Å². The molecule has 0 aliphatic carbocycles. The number of aromatic nitrogens is 1. The largest absolute Gasteiger partial charge is 0.465 e. The number of anilines is 2. The first-order valence-corrected chi connectivity index (χ1v) is 6.25. The van der Waals surface area contributed by atoms with Crippen molar-refractivity contribution in [1.29, 1.82) is 0 Å². The number of pyridine rings is 1. The van der Waals surface area contributed by atoms with Gasteiger partial charge in [-0.15, -0.1) is 0 Å². The Balaban J connectivity index is 1.85. The lowest BCUT2D eigenvalue weighted by Gasteiger charge is -2.36. The number of carbonyl (C=O) groups is 2. The molecule has 8 nitrogen and oxygen atoms in total. The first kappa shape index (κ1) is 12.5. The Labute approximate surface area is 114 Å². The second kappa shape index (κ2) is 4.55. The van der Waals surface area contributed by atoms with Gasteiger partial charge in [0.25, 0.3) is 0 Å². The molecule has 1 aromatic rings. The molecule has 2 atom stereocenters. The zero-order valence-electron chi connectivity index (χ0n) is 10.6. The lowest BCUT2D eigenvalue weighted by molar-refractivity contribution is 0.121.